The normalized spacial score (nSPS) is 19.0. The van der Waals surface area contributed by atoms with Crippen molar-refractivity contribution in [2.75, 3.05) is 6.54 Å². The fraction of sp³-hybridized carbons (Fsp3) is 0.389. The lowest BCUT2D eigenvalue weighted by atomic mass is 9.98. The van der Waals surface area contributed by atoms with Crippen LogP contribution in [0.3, 0.4) is 0 Å². The molecule has 0 bridgehead atoms. The fourth-order valence-corrected chi connectivity index (χ4v) is 3.15. The van der Waals surface area contributed by atoms with Gasteiger partial charge in [0.2, 0.25) is 0 Å². The summed E-state index contributed by atoms with van der Waals surface area (Å²) in [5.74, 6) is 0.257. The summed E-state index contributed by atoms with van der Waals surface area (Å²) in [6.45, 7) is -1.28. The zero-order chi connectivity index (χ0) is 16.1. The second-order valence-corrected chi connectivity index (χ2v) is 5.72. The molecule has 0 radical (unpaired) electrons. The van der Waals surface area contributed by atoms with E-state index in [-0.39, 0.29) is 11.8 Å². The Kier molecular flexibility index (Phi) is 5.18. The maximum absolute atomic E-state index is 12.6. The van der Waals surface area contributed by atoms with Crippen molar-refractivity contribution in [1.29, 1.82) is 0 Å². The molecule has 2 heterocycles. The summed E-state index contributed by atoms with van der Waals surface area (Å²) in [6.07, 6.45) is 5.11. The van der Waals surface area contributed by atoms with E-state index in [1.807, 2.05) is 30.3 Å². The van der Waals surface area contributed by atoms with Crippen molar-refractivity contribution in [3.05, 3.63) is 59.9 Å². The molecule has 1 atom stereocenters. The molecule has 1 saturated heterocycles. The minimum Gasteiger partial charge on any atom is -0.434 e. The van der Waals surface area contributed by atoms with Crippen LogP contribution in [-0.2, 0) is 6.54 Å². The maximum atomic E-state index is 12.6. The van der Waals surface area contributed by atoms with Crippen LogP contribution in [0.1, 0.15) is 36.6 Å². The van der Waals surface area contributed by atoms with Gasteiger partial charge >= 0.3 is 6.61 Å². The van der Waals surface area contributed by atoms with Crippen molar-refractivity contribution in [3.63, 3.8) is 0 Å². The lowest BCUT2D eigenvalue weighted by Gasteiger charge is -2.35. The molecule has 1 aromatic heterocycles. The van der Waals surface area contributed by atoms with Crippen molar-refractivity contribution in [1.82, 2.24) is 9.88 Å². The third-order valence-corrected chi connectivity index (χ3v) is 4.20. The summed E-state index contributed by atoms with van der Waals surface area (Å²) >= 11 is 0. The van der Waals surface area contributed by atoms with Crippen molar-refractivity contribution >= 4 is 0 Å². The van der Waals surface area contributed by atoms with Gasteiger partial charge < -0.3 is 4.74 Å². The molecule has 122 valence electrons. The Bertz CT molecular complexity index is 621. The summed E-state index contributed by atoms with van der Waals surface area (Å²) in [4.78, 5) is 6.78. The molecule has 1 unspecified atom stereocenters. The number of rotatable bonds is 5. The number of nitrogens with zero attached hydrogens (tertiary/aromatic N) is 2. The number of piperidine rings is 1. The first-order valence-electron chi connectivity index (χ1n) is 7.92. The van der Waals surface area contributed by atoms with E-state index < -0.39 is 6.61 Å². The van der Waals surface area contributed by atoms with Crippen LogP contribution in [0.15, 0.2) is 48.7 Å². The smallest absolute Gasteiger partial charge is 0.387 e. The SMILES string of the molecule is FC(F)Oc1ccccc1CN1CCCCC1c1ccccn1. The Morgan fingerprint density at radius 3 is 2.74 bits per heavy atom. The van der Waals surface area contributed by atoms with Gasteiger partial charge in [0.05, 0.1) is 11.7 Å². The third-order valence-electron chi connectivity index (χ3n) is 4.20. The van der Waals surface area contributed by atoms with Gasteiger partial charge in [-0.2, -0.15) is 8.78 Å². The highest BCUT2D eigenvalue weighted by Crippen LogP contribution is 2.32. The molecule has 3 nitrogen and oxygen atoms in total. The number of ether oxygens (including phenoxy) is 1. The predicted octanol–water partition coefficient (Wildman–Crippen LogP) is 4.41. The van der Waals surface area contributed by atoms with Crippen LogP contribution >= 0.6 is 0 Å². The van der Waals surface area contributed by atoms with Crippen LogP contribution in [0.4, 0.5) is 8.78 Å². The zero-order valence-corrected chi connectivity index (χ0v) is 12.9. The van der Waals surface area contributed by atoms with Gasteiger partial charge in [-0.3, -0.25) is 9.88 Å². The lowest BCUT2D eigenvalue weighted by molar-refractivity contribution is -0.0509. The maximum Gasteiger partial charge on any atom is 0.387 e. The second kappa shape index (κ2) is 7.51. The molecule has 0 saturated carbocycles. The van der Waals surface area contributed by atoms with E-state index in [0.29, 0.717) is 6.54 Å². The van der Waals surface area contributed by atoms with E-state index in [2.05, 4.69) is 14.6 Å². The van der Waals surface area contributed by atoms with E-state index >= 15 is 0 Å². The molecule has 1 aromatic carbocycles. The quantitative estimate of drug-likeness (QED) is 0.816. The molecule has 0 N–H and O–H groups in total. The molecule has 1 fully saturated rings. The number of aromatic nitrogens is 1. The molecule has 0 amide bonds. The Balaban J connectivity index is 1.80. The topological polar surface area (TPSA) is 25.4 Å². The molecule has 1 aliphatic rings. The number of benzene rings is 1. The van der Waals surface area contributed by atoms with Crippen molar-refractivity contribution in [2.24, 2.45) is 0 Å². The minimum absolute atomic E-state index is 0.226. The molecule has 23 heavy (non-hydrogen) atoms. The van der Waals surface area contributed by atoms with Gasteiger partial charge in [0, 0.05) is 18.3 Å². The summed E-state index contributed by atoms with van der Waals surface area (Å²) in [7, 11) is 0. The second-order valence-electron chi connectivity index (χ2n) is 5.72. The van der Waals surface area contributed by atoms with E-state index in [0.717, 1.165) is 37.1 Å². The third kappa shape index (κ3) is 4.05. The van der Waals surface area contributed by atoms with Gasteiger partial charge in [-0.15, -0.1) is 0 Å². The fourth-order valence-electron chi connectivity index (χ4n) is 3.15. The Hall–Kier alpha value is -2.01. The van der Waals surface area contributed by atoms with Crippen LogP contribution in [0.5, 0.6) is 5.75 Å². The largest absolute Gasteiger partial charge is 0.434 e. The van der Waals surface area contributed by atoms with Crippen LogP contribution in [-0.4, -0.2) is 23.0 Å². The molecule has 1 aliphatic heterocycles. The van der Waals surface area contributed by atoms with Crippen molar-refractivity contribution in [2.45, 2.75) is 38.5 Å². The first-order valence-corrected chi connectivity index (χ1v) is 7.92. The molecular weight excluding hydrogens is 298 g/mol. The number of hydrogen-bond donors (Lipinski definition) is 0. The average Bonchev–Trinajstić information content (AvgIpc) is 2.57. The van der Waals surface area contributed by atoms with Gasteiger partial charge in [0.25, 0.3) is 0 Å². The number of halogens is 2. The van der Waals surface area contributed by atoms with Gasteiger partial charge in [-0.25, -0.2) is 0 Å². The highest BCUT2D eigenvalue weighted by atomic mass is 19.3. The highest BCUT2D eigenvalue weighted by Gasteiger charge is 2.25. The first-order chi connectivity index (χ1) is 11.2. The van der Waals surface area contributed by atoms with Crippen molar-refractivity contribution in [3.8, 4) is 5.75 Å². The summed E-state index contributed by atoms with van der Waals surface area (Å²) in [5, 5.41) is 0. The molecular formula is C18H20F2N2O. The van der Waals surface area contributed by atoms with E-state index in [1.165, 1.54) is 0 Å². The van der Waals surface area contributed by atoms with Gasteiger partial charge in [-0.1, -0.05) is 30.7 Å². The van der Waals surface area contributed by atoms with E-state index in [4.69, 9.17) is 0 Å². The molecule has 5 heteroatoms. The Labute approximate surface area is 134 Å². The average molecular weight is 318 g/mol. The predicted molar refractivity (Wildman–Crippen MR) is 84.3 cm³/mol. The van der Waals surface area contributed by atoms with Crippen LogP contribution in [0, 0.1) is 0 Å². The van der Waals surface area contributed by atoms with Gasteiger partial charge in [-0.05, 0) is 37.6 Å². The monoisotopic (exact) mass is 318 g/mol. The number of pyridine rings is 1. The van der Waals surface area contributed by atoms with E-state index in [1.54, 1.807) is 18.3 Å². The van der Waals surface area contributed by atoms with Crippen LogP contribution in [0.25, 0.3) is 0 Å². The Morgan fingerprint density at radius 2 is 1.96 bits per heavy atom. The summed E-state index contributed by atoms with van der Waals surface area (Å²) in [6, 6.07) is 13.2. The Morgan fingerprint density at radius 1 is 1.13 bits per heavy atom. The number of para-hydroxylation sites is 1. The standard InChI is InChI=1S/C18H20F2N2O/c19-18(20)23-17-10-2-1-7-14(17)13-22-12-6-4-9-16(22)15-8-3-5-11-21-15/h1-3,5,7-8,10-11,16,18H,4,6,9,12-13H2. The lowest BCUT2D eigenvalue weighted by Crippen LogP contribution is -2.33. The number of alkyl halides is 2. The summed E-state index contributed by atoms with van der Waals surface area (Å²) < 4.78 is 29.8. The number of hydrogen-bond acceptors (Lipinski definition) is 3. The summed E-state index contributed by atoms with van der Waals surface area (Å²) in [5.41, 5.74) is 1.83. The molecule has 0 spiro atoms. The molecule has 3 rings (SSSR count). The zero-order valence-electron chi connectivity index (χ0n) is 12.9. The van der Waals surface area contributed by atoms with Crippen LogP contribution in [0.2, 0.25) is 0 Å². The first kappa shape index (κ1) is 15.9. The van der Waals surface area contributed by atoms with Crippen LogP contribution < -0.4 is 4.74 Å². The molecule has 0 aliphatic carbocycles. The van der Waals surface area contributed by atoms with Gasteiger partial charge in [0.1, 0.15) is 5.75 Å². The number of likely N-dealkylation sites (tertiary alicyclic amines) is 1. The minimum atomic E-state index is -2.80. The highest BCUT2D eigenvalue weighted by molar-refractivity contribution is 5.33. The van der Waals surface area contributed by atoms with Crippen molar-refractivity contribution < 1.29 is 13.5 Å². The molecule has 2 aromatic rings. The van der Waals surface area contributed by atoms with Gasteiger partial charge in [0.15, 0.2) is 0 Å². The van der Waals surface area contributed by atoms with E-state index in [9.17, 15) is 8.78 Å².